The van der Waals surface area contributed by atoms with Gasteiger partial charge in [-0.25, -0.2) is 15.0 Å². The first-order valence-corrected chi connectivity index (χ1v) is 21.9. The summed E-state index contributed by atoms with van der Waals surface area (Å²) in [5, 5.41) is 6.61. The van der Waals surface area contributed by atoms with Crippen LogP contribution in [-0.2, 0) is 0 Å². The van der Waals surface area contributed by atoms with Crippen LogP contribution in [-0.4, -0.2) is 36.4 Å². The van der Waals surface area contributed by atoms with Crippen molar-refractivity contribution in [2.24, 2.45) is 4.99 Å². The van der Waals surface area contributed by atoms with Gasteiger partial charge in [-0.3, -0.25) is 9.97 Å². The van der Waals surface area contributed by atoms with E-state index in [-0.39, 0.29) is 6.04 Å². The number of furan rings is 1. The first kappa shape index (κ1) is 37.4. The molecule has 2 aliphatic carbocycles. The molecule has 9 nitrogen and oxygen atoms in total. The Morgan fingerprint density at radius 2 is 1.50 bits per heavy atom. The predicted octanol–water partition coefficient (Wildman–Crippen LogP) is 12.4. The van der Waals surface area contributed by atoms with Crippen LogP contribution in [0.15, 0.2) is 227 Å². The Kier molecular flexibility index (Phi) is 8.51. The lowest BCUT2D eigenvalue weighted by Gasteiger charge is -2.29. The fraction of sp³-hybridized carbons (Fsp3) is 0.0351. The summed E-state index contributed by atoms with van der Waals surface area (Å²) in [5.74, 6) is 1.50. The Balaban J connectivity index is 0.908. The number of hydrogen-bond acceptors (Lipinski definition) is 8. The number of nitrogens with zero attached hydrogens (tertiary/aromatic N) is 7. The first-order valence-electron chi connectivity index (χ1n) is 21.9. The van der Waals surface area contributed by atoms with E-state index in [1.54, 1.807) is 12.4 Å². The molecule has 0 radical (unpaired) electrons. The molecular weight excluding hydrogens is 813 g/mol. The molecule has 310 valence electrons. The highest BCUT2D eigenvalue weighted by Crippen LogP contribution is 2.44. The summed E-state index contributed by atoms with van der Waals surface area (Å²) in [6.07, 6.45) is 25.4. The summed E-state index contributed by atoms with van der Waals surface area (Å²) >= 11 is 0. The van der Waals surface area contributed by atoms with E-state index in [0.717, 1.165) is 117 Å². The van der Waals surface area contributed by atoms with Crippen molar-refractivity contribution in [3.63, 3.8) is 0 Å². The second-order valence-electron chi connectivity index (χ2n) is 16.5. The summed E-state index contributed by atoms with van der Waals surface area (Å²) in [4.78, 5) is 26.0. The number of rotatable bonds is 6. The van der Waals surface area contributed by atoms with E-state index in [1.165, 1.54) is 0 Å². The number of benzene rings is 4. The van der Waals surface area contributed by atoms with Crippen molar-refractivity contribution in [1.29, 1.82) is 0 Å². The number of anilines is 2. The van der Waals surface area contributed by atoms with Crippen molar-refractivity contribution in [2.45, 2.75) is 13.0 Å². The lowest BCUT2D eigenvalue weighted by Crippen LogP contribution is -2.34. The zero-order valence-electron chi connectivity index (χ0n) is 35.5. The molecule has 1 unspecified atom stereocenters. The van der Waals surface area contributed by atoms with Gasteiger partial charge in [0.05, 0.1) is 27.9 Å². The number of aliphatic imine (C=N–C) groups is 1. The molecule has 7 heterocycles. The third-order valence-corrected chi connectivity index (χ3v) is 12.5. The normalized spacial score (nSPS) is 16.3. The minimum absolute atomic E-state index is 0.196. The topological polar surface area (TPSA) is 97.3 Å². The quantitative estimate of drug-likeness (QED) is 0.166. The maximum absolute atomic E-state index is 6.53. The molecular formula is C57H36N8O. The van der Waals surface area contributed by atoms with Crippen LogP contribution in [0.3, 0.4) is 0 Å². The van der Waals surface area contributed by atoms with E-state index in [0.29, 0.717) is 5.82 Å². The van der Waals surface area contributed by atoms with Gasteiger partial charge in [-0.1, -0.05) is 54.3 Å². The molecule has 4 aliphatic rings. The highest BCUT2D eigenvalue weighted by Gasteiger charge is 2.27. The highest BCUT2D eigenvalue weighted by atomic mass is 16.3. The lowest BCUT2D eigenvalue weighted by molar-refractivity contribution is 0.669. The number of nitrogens with one attached hydrogen (secondary N) is 1. The number of hydrogen-bond donors (Lipinski definition) is 1. The number of aromatic nitrogens is 5. The smallest absolute Gasteiger partial charge is 0.160 e. The molecule has 9 heteroatoms. The second kappa shape index (κ2) is 15.0. The second-order valence-corrected chi connectivity index (χ2v) is 16.5. The monoisotopic (exact) mass is 848 g/mol. The standard InChI is InChI=1S/C57H36N8O/c1-35-24-29-62-57(63-35)45-13-6-5-11-43(45)37-17-21-49-48(32-37)55-51(15-8-26-59-55)65(49)41-20-23-53-47(34-41)46-33-40(19-22-52(46)66-53)64-39-18-16-36(30-38(31-39)54-50(64)14-7-25-58-54)42-10-3-2-4-12-44(42)56-60-27-9-28-61-56/h2-9,11-30,32-35H,1H3,(H,62,63). The maximum atomic E-state index is 6.53. The van der Waals surface area contributed by atoms with Gasteiger partial charge in [-0.15, -0.1) is 5.73 Å². The summed E-state index contributed by atoms with van der Waals surface area (Å²) < 4.78 is 8.83. The van der Waals surface area contributed by atoms with E-state index in [4.69, 9.17) is 19.4 Å². The zero-order valence-corrected chi connectivity index (χ0v) is 35.5. The molecule has 1 N–H and O–H groups in total. The molecule has 66 heavy (non-hydrogen) atoms. The van der Waals surface area contributed by atoms with Gasteiger partial charge in [0.2, 0.25) is 0 Å². The molecule has 0 saturated carbocycles. The van der Waals surface area contributed by atoms with E-state index in [9.17, 15) is 0 Å². The maximum Gasteiger partial charge on any atom is 0.160 e. The predicted molar refractivity (Wildman–Crippen MR) is 264 cm³/mol. The molecule has 4 aromatic carbocycles. The van der Waals surface area contributed by atoms with Crippen LogP contribution in [0.4, 0.5) is 11.4 Å². The molecule has 2 aliphatic heterocycles. The van der Waals surface area contributed by atoms with Gasteiger partial charge in [-0.05, 0) is 133 Å². The fourth-order valence-electron chi connectivity index (χ4n) is 9.51. The SMILES string of the molecule is CC1C=CN=C(c2ccccc2-c2ccc3c(c2)c2ncccc2n3-c2ccc3oc4ccc(N5C6=C=C(C=C(C7=C=CC=CC=C7c7ncccn7)C=C6)c6ncccc65)cc4c3c2)N1. The average Bonchev–Trinajstić information content (AvgIpc) is 3.68. The number of allylic oxidation sites excluding steroid dienone is 9. The van der Waals surface area contributed by atoms with Crippen LogP contribution in [0.25, 0.3) is 71.8 Å². The third kappa shape index (κ3) is 6.08. The van der Waals surface area contributed by atoms with Crippen LogP contribution in [0.2, 0.25) is 0 Å². The van der Waals surface area contributed by atoms with Gasteiger partial charge < -0.3 is 19.2 Å². The van der Waals surface area contributed by atoms with Crippen LogP contribution in [0, 0.1) is 0 Å². The van der Waals surface area contributed by atoms with Crippen molar-refractivity contribution in [3.05, 3.63) is 234 Å². The summed E-state index contributed by atoms with van der Waals surface area (Å²) in [6, 6.07) is 38.2. The van der Waals surface area contributed by atoms with E-state index < -0.39 is 0 Å². The van der Waals surface area contributed by atoms with Crippen LogP contribution >= 0.6 is 0 Å². The Hall–Kier alpha value is -9.13. The zero-order chi connectivity index (χ0) is 43.7. The molecule has 0 saturated heterocycles. The minimum atomic E-state index is 0.196. The summed E-state index contributed by atoms with van der Waals surface area (Å²) in [7, 11) is 0. The van der Waals surface area contributed by atoms with Gasteiger partial charge in [0, 0.05) is 86.8 Å². The Morgan fingerprint density at radius 1 is 0.697 bits per heavy atom. The van der Waals surface area contributed by atoms with Gasteiger partial charge in [0.15, 0.2) is 5.82 Å². The van der Waals surface area contributed by atoms with Gasteiger partial charge >= 0.3 is 0 Å². The summed E-state index contributed by atoms with van der Waals surface area (Å²) in [6.45, 7) is 2.13. The van der Waals surface area contributed by atoms with Crippen LogP contribution in [0.5, 0.6) is 0 Å². The molecule has 2 bridgehead atoms. The minimum Gasteiger partial charge on any atom is -0.456 e. The Morgan fingerprint density at radius 3 is 2.38 bits per heavy atom. The molecule has 1 atom stereocenters. The van der Waals surface area contributed by atoms with Crippen molar-refractivity contribution in [2.75, 3.05) is 4.90 Å². The van der Waals surface area contributed by atoms with Gasteiger partial charge in [0.1, 0.15) is 22.7 Å². The van der Waals surface area contributed by atoms with E-state index >= 15 is 0 Å². The van der Waals surface area contributed by atoms with Crippen molar-refractivity contribution in [1.82, 2.24) is 29.8 Å². The Bertz CT molecular complexity index is 3900. The molecule has 5 aromatic heterocycles. The van der Waals surface area contributed by atoms with Crippen molar-refractivity contribution in [3.8, 4) is 16.8 Å². The molecule has 0 fully saturated rings. The molecule has 9 aromatic rings. The van der Waals surface area contributed by atoms with E-state index in [2.05, 4.69) is 158 Å². The summed E-state index contributed by atoms with van der Waals surface area (Å²) in [5.41, 5.74) is 23.3. The first-order chi connectivity index (χ1) is 32.6. The molecule has 13 rings (SSSR count). The van der Waals surface area contributed by atoms with Crippen molar-refractivity contribution >= 4 is 72.2 Å². The lowest BCUT2D eigenvalue weighted by atomic mass is 9.95. The number of amidine groups is 1. The number of fused-ring (bicyclic) bond motifs is 8. The molecule has 0 amide bonds. The number of pyridine rings is 2. The van der Waals surface area contributed by atoms with Gasteiger partial charge in [0.25, 0.3) is 0 Å². The van der Waals surface area contributed by atoms with Crippen LogP contribution in [0.1, 0.15) is 24.0 Å². The largest absolute Gasteiger partial charge is 0.456 e. The Labute approximate surface area is 378 Å². The van der Waals surface area contributed by atoms with Crippen LogP contribution < -0.4 is 10.2 Å². The molecule has 0 spiro atoms. The van der Waals surface area contributed by atoms with Gasteiger partial charge in [-0.2, -0.15) is 0 Å². The fourth-order valence-corrected chi connectivity index (χ4v) is 9.51. The third-order valence-electron chi connectivity index (χ3n) is 12.5. The van der Waals surface area contributed by atoms with E-state index in [1.807, 2.05) is 61.1 Å². The van der Waals surface area contributed by atoms with Crippen molar-refractivity contribution < 1.29 is 4.42 Å². The highest BCUT2D eigenvalue weighted by molar-refractivity contribution is 6.12. The average molecular weight is 849 g/mol.